The molecule has 0 saturated carbocycles. The average molecular weight is 302 g/mol. The van der Waals surface area contributed by atoms with E-state index in [2.05, 4.69) is 5.32 Å². The van der Waals surface area contributed by atoms with Gasteiger partial charge >= 0.3 is 12.0 Å². The Bertz CT molecular complexity index is 568. The zero-order valence-electron chi connectivity index (χ0n) is 10.5. The molecule has 5 nitrogen and oxygen atoms in total. The van der Waals surface area contributed by atoms with E-state index in [1.54, 1.807) is 0 Å². The number of nitrogens with zero attached hydrogens (tertiary/aromatic N) is 1. The Morgan fingerprint density at radius 2 is 2.10 bits per heavy atom. The van der Waals surface area contributed by atoms with E-state index in [0.29, 0.717) is 0 Å². The number of rotatable bonds is 2. The van der Waals surface area contributed by atoms with Gasteiger partial charge in [0.1, 0.15) is 17.7 Å². The van der Waals surface area contributed by atoms with E-state index in [0.717, 1.165) is 17.0 Å². The maximum absolute atomic E-state index is 13.6. The summed E-state index contributed by atoms with van der Waals surface area (Å²) >= 11 is 1.28. The first-order valence-corrected chi connectivity index (χ1v) is 6.89. The van der Waals surface area contributed by atoms with E-state index in [4.69, 9.17) is 5.11 Å². The highest BCUT2D eigenvalue weighted by Gasteiger charge is 2.34. The minimum Gasteiger partial charge on any atom is -0.480 e. The Hall–Kier alpha value is -1.83. The van der Waals surface area contributed by atoms with Gasteiger partial charge in [-0.15, -0.1) is 11.8 Å². The number of carbonyl (C=O) groups excluding carboxylic acids is 1. The van der Waals surface area contributed by atoms with Gasteiger partial charge in [-0.05, 0) is 18.6 Å². The van der Waals surface area contributed by atoms with Crippen molar-refractivity contribution in [3.63, 3.8) is 0 Å². The molecule has 1 aromatic carbocycles. The number of urea groups is 1. The van der Waals surface area contributed by atoms with Crippen LogP contribution in [0.1, 0.15) is 5.56 Å². The molecule has 0 radical (unpaired) electrons. The Kier molecular flexibility index (Phi) is 4.12. The van der Waals surface area contributed by atoms with Gasteiger partial charge in [0, 0.05) is 11.8 Å². The SMILES string of the molecule is Cc1cc(F)c(NC(=O)N2CSCC2C(=O)O)cc1F. The molecule has 1 heterocycles. The van der Waals surface area contributed by atoms with Crippen LogP contribution in [0, 0.1) is 18.6 Å². The number of thioether (sulfide) groups is 1. The molecule has 0 aromatic heterocycles. The van der Waals surface area contributed by atoms with Gasteiger partial charge in [-0.3, -0.25) is 0 Å². The number of anilines is 1. The van der Waals surface area contributed by atoms with Crippen molar-refractivity contribution in [3.05, 3.63) is 29.3 Å². The van der Waals surface area contributed by atoms with Gasteiger partial charge in [-0.25, -0.2) is 18.4 Å². The van der Waals surface area contributed by atoms with Crippen molar-refractivity contribution in [2.45, 2.75) is 13.0 Å². The Morgan fingerprint density at radius 3 is 2.75 bits per heavy atom. The number of benzene rings is 1. The topological polar surface area (TPSA) is 69.6 Å². The second-order valence-electron chi connectivity index (χ2n) is 4.34. The van der Waals surface area contributed by atoms with Gasteiger partial charge in [-0.1, -0.05) is 0 Å². The maximum atomic E-state index is 13.6. The highest BCUT2D eigenvalue weighted by Crippen LogP contribution is 2.24. The van der Waals surface area contributed by atoms with Gasteiger partial charge in [0.25, 0.3) is 0 Å². The first-order valence-electron chi connectivity index (χ1n) is 5.74. The average Bonchev–Trinajstić information content (AvgIpc) is 2.85. The minimum atomic E-state index is -1.12. The molecule has 108 valence electrons. The molecule has 1 saturated heterocycles. The highest BCUT2D eigenvalue weighted by atomic mass is 32.2. The lowest BCUT2D eigenvalue weighted by Gasteiger charge is -2.21. The van der Waals surface area contributed by atoms with E-state index in [-0.39, 0.29) is 22.9 Å². The standard InChI is InChI=1S/C12H12F2N2O3S/c1-6-2-8(14)9(3-7(6)13)15-12(19)16-5-20-4-10(16)11(17)18/h2-3,10H,4-5H2,1H3,(H,15,19)(H,17,18). The number of carbonyl (C=O) groups is 2. The number of carboxylic acids is 1. The maximum Gasteiger partial charge on any atom is 0.327 e. The van der Waals surface area contributed by atoms with Crippen molar-refractivity contribution in [2.24, 2.45) is 0 Å². The number of nitrogens with one attached hydrogen (secondary N) is 1. The lowest BCUT2D eigenvalue weighted by atomic mass is 10.2. The van der Waals surface area contributed by atoms with Crippen molar-refractivity contribution < 1.29 is 23.5 Å². The number of aryl methyl sites for hydroxylation is 1. The summed E-state index contributed by atoms with van der Waals surface area (Å²) in [6, 6.07) is 0.128. The summed E-state index contributed by atoms with van der Waals surface area (Å²) in [6.45, 7) is 1.40. The van der Waals surface area contributed by atoms with Gasteiger partial charge in [0.05, 0.1) is 11.6 Å². The van der Waals surface area contributed by atoms with E-state index in [1.165, 1.54) is 18.7 Å². The van der Waals surface area contributed by atoms with Crippen molar-refractivity contribution in [2.75, 3.05) is 16.9 Å². The number of hydrogen-bond acceptors (Lipinski definition) is 3. The van der Waals surface area contributed by atoms with Gasteiger partial charge in [0.2, 0.25) is 0 Å². The second-order valence-corrected chi connectivity index (χ2v) is 5.33. The molecule has 2 N–H and O–H groups in total. The van der Waals surface area contributed by atoms with Crippen molar-refractivity contribution in [1.82, 2.24) is 4.90 Å². The van der Waals surface area contributed by atoms with Crippen molar-refractivity contribution in [1.29, 1.82) is 0 Å². The van der Waals surface area contributed by atoms with E-state index in [1.807, 2.05) is 0 Å². The molecule has 2 rings (SSSR count). The fraction of sp³-hybridized carbons (Fsp3) is 0.333. The summed E-state index contributed by atoms with van der Waals surface area (Å²) in [4.78, 5) is 24.0. The molecule has 0 aliphatic carbocycles. The number of halogens is 2. The predicted octanol–water partition coefficient (Wildman–Crippen LogP) is 2.26. The number of hydrogen-bond donors (Lipinski definition) is 2. The molecule has 20 heavy (non-hydrogen) atoms. The lowest BCUT2D eigenvalue weighted by molar-refractivity contribution is -0.140. The number of aliphatic carboxylic acids is 1. The molecule has 2 amide bonds. The molecular formula is C12H12F2N2O3S. The molecule has 1 aromatic rings. The van der Waals surface area contributed by atoms with E-state index in [9.17, 15) is 18.4 Å². The van der Waals surface area contributed by atoms with Crippen molar-refractivity contribution >= 4 is 29.4 Å². The molecule has 1 aliphatic heterocycles. The van der Waals surface area contributed by atoms with Crippen LogP contribution in [0.15, 0.2) is 12.1 Å². The number of carboxylic acid groups (broad SMARTS) is 1. The largest absolute Gasteiger partial charge is 0.480 e. The lowest BCUT2D eigenvalue weighted by Crippen LogP contribution is -2.44. The molecule has 1 unspecified atom stereocenters. The first-order chi connectivity index (χ1) is 9.40. The van der Waals surface area contributed by atoms with Crippen LogP contribution < -0.4 is 5.32 Å². The van der Waals surface area contributed by atoms with Crippen LogP contribution >= 0.6 is 11.8 Å². The molecular weight excluding hydrogens is 290 g/mol. The zero-order chi connectivity index (χ0) is 14.9. The number of amides is 2. The second kappa shape index (κ2) is 5.66. The molecule has 0 spiro atoms. The smallest absolute Gasteiger partial charge is 0.327 e. The van der Waals surface area contributed by atoms with Gasteiger partial charge in [-0.2, -0.15) is 0 Å². The third kappa shape index (κ3) is 2.84. The van der Waals surface area contributed by atoms with Gasteiger partial charge < -0.3 is 15.3 Å². The molecule has 8 heteroatoms. The summed E-state index contributed by atoms with van der Waals surface area (Å²) in [5.41, 5.74) is -0.181. The predicted molar refractivity (Wildman–Crippen MR) is 70.7 cm³/mol. The van der Waals surface area contributed by atoms with Crippen LogP contribution in [-0.2, 0) is 4.79 Å². The van der Waals surface area contributed by atoms with Crippen LogP contribution in [0.2, 0.25) is 0 Å². The quantitative estimate of drug-likeness (QED) is 0.879. The fourth-order valence-electron chi connectivity index (χ4n) is 1.78. The van der Waals surface area contributed by atoms with Crippen LogP contribution in [0.25, 0.3) is 0 Å². The Morgan fingerprint density at radius 1 is 1.40 bits per heavy atom. The molecule has 0 bridgehead atoms. The van der Waals surface area contributed by atoms with E-state index < -0.39 is 29.7 Å². The highest BCUT2D eigenvalue weighted by molar-refractivity contribution is 7.99. The Labute approximate surface area is 117 Å². The van der Waals surface area contributed by atoms with Crippen LogP contribution in [0.3, 0.4) is 0 Å². The molecule has 1 aliphatic rings. The zero-order valence-corrected chi connectivity index (χ0v) is 11.3. The third-order valence-electron chi connectivity index (χ3n) is 2.92. The van der Waals surface area contributed by atoms with Gasteiger partial charge in [0.15, 0.2) is 0 Å². The van der Waals surface area contributed by atoms with Crippen LogP contribution in [0.5, 0.6) is 0 Å². The molecule has 1 fully saturated rings. The first kappa shape index (κ1) is 14.6. The summed E-state index contributed by atoms with van der Waals surface area (Å²) in [6.07, 6.45) is 0. The fourth-order valence-corrected chi connectivity index (χ4v) is 2.92. The van der Waals surface area contributed by atoms with Crippen LogP contribution in [-0.4, -0.2) is 39.7 Å². The normalized spacial score (nSPS) is 18.1. The van der Waals surface area contributed by atoms with E-state index >= 15 is 0 Å². The van der Waals surface area contributed by atoms with Crippen LogP contribution in [0.4, 0.5) is 19.3 Å². The Balaban J connectivity index is 2.16. The van der Waals surface area contributed by atoms with Crippen molar-refractivity contribution in [3.8, 4) is 0 Å². The minimum absolute atomic E-state index is 0.126. The summed E-state index contributed by atoms with van der Waals surface area (Å²) < 4.78 is 27.0. The molecule has 1 atom stereocenters. The summed E-state index contributed by atoms with van der Waals surface area (Å²) in [5, 5.41) is 11.2. The monoisotopic (exact) mass is 302 g/mol. The summed E-state index contributed by atoms with van der Waals surface area (Å²) in [5.74, 6) is -2.07. The third-order valence-corrected chi connectivity index (χ3v) is 3.93. The summed E-state index contributed by atoms with van der Waals surface area (Å²) in [7, 11) is 0.